The zero-order chi connectivity index (χ0) is 12.7. The highest BCUT2D eigenvalue weighted by Gasteiger charge is 2.05. The Morgan fingerprint density at radius 3 is 2.41 bits per heavy atom. The first-order chi connectivity index (χ1) is 8.15. The van der Waals surface area contributed by atoms with Crippen LogP contribution in [0, 0.1) is 0 Å². The van der Waals surface area contributed by atoms with Crippen LogP contribution in [0.1, 0.15) is 12.5 Å². The molecule has 1 nitrogen and oxygen atoms in total. The van der Waals surface area contributed by atoms with Gasteiger partial charge in [0.1, 0.15) is 0 Å². The van der Waals surface area contributed by atoms with Gasteiger partial charge in [-0.3, -0.25) is 4.79 Å². The van der Waals surface area contributed by atoms with Crippen molar-refractivity contribution in [2.45, 2.75) is 6.92 Å². The predicted octanol–water partition coefficient (Wildman–Crippen LogP) is 3.96. The maximum Gasteiger partial charge on any atom is 0.188 e. The lowest BCUT2D eigenvalue weighted by molar-refractivity contribution is -0.111. The first-order valence-electron chi connectivity index (χ1n) is 5.41. The molecule has 0 saturated heterocycles. The monoisotopic (exact) mass is 224 g/mol. The molecule has 86 valence electrons. The van der Waals surface area contributed by atoms with Crippen LogP contribution in [0.2, 0.25) is 0 Å². The molecule has 0 aliphatic rings. The van der Waals surface area contributed by atoms with Gasteiger partial charge in [-0.1, -0.05) is 67.8 Å². The molecule has 0 saturated carbocycles. The molecule has 0 aliphatic heterocycles. The van der Waals surface area contributed by atoms with Crippen molar-refractivity contribution in [3.8, 4) is 0 Å². The summed E-state index contributed by atoms with van der Waals surface area (Å²) in [5.74, 6) is -0.0583. The van der Waals surface area contributed by atoms with Crippen molar-refractivity contribution in [3.63, 3.8) is 0 Å². The number of allylic oxidation sites excluding steroid dienone is 5. The quantitative estimate of drug-likeness (QED) is 0.546. The molecule has 0 aromatic heterocycles. The minimum atomic E-state index is -0.0583. The standard InChI is InChI=1S/C16H16O/c1-4-8-15(16(17)13(2)3)12-11-14-9-6-5-7-10-14/h4-12H,1-2H2,3H3. The van der Waals surface area contributed by atoms with Crippen LogP contribution >= 0.6 is 0 Å². The minimum Gasteiger partial charge on any atom is -0.289 e. The Morgan fingerprint density at radius 2 is 1.88 bits per heavy atom. The smallest absolute Gasteiger partial charge is 0.188 e. The fraction of sp³-hybridized carbons (Fsp3) is 0.0625. The molecular formula is C16H16O. The lowest BCUT2D eigenvalue weighted by atomic mass is 10.0. The van der Waals surface area contributed by atoms with Crippen molar-refractivity contribution in [2.24, 2.45) is 0 Å². The van der Waals surface area contributed by atoms with Crippen LogP contribution in [0.25, 0.3) is 6.08 Å². The molecule has 1 rings (SSSR count). The van der Waals surface area contributed by atoms with E-state index in [4.69, 9.17) is 0 Å². The van der Waals surface area contributed by atoms with E-state index in [9.17, 15) is 4.79 Å². The summed E-state index contributed by atoms with van der Waals surface area (Å²) in [4.78, 5) is 11.8. The Morgan fingerprint density at radius 1 is 1.24 bits per heavy atom. The molecule has 1 aromatic carbocycles. The van der Waals surface area contributed by atoms with Crippen molar-refractivity contribution in [1.29, 1.82) is 0 Å². The molecule has 0 N–H and O–H groups in total. The summed E-state index contributed by atoms with van der Waals surface area (Å²) in [6.45, 7) is 8.96. The number of hydrogen-bond acceptors (Lipinski definition) is 1. The molecule has 17 heavy (non-hydrogen) atoms. The molecule has 0 amide bonds. The van der Waals surface area contributed by atoms with Gasteiger partial charge in [0.05, 0.1) is 0 Å². The summed E-state index contributed by atoms with van der Waals surface area (Å²) in [5.41, 5.74) is 2.17. The summed E-state index contributed by atoms with van der Waals surface area (Å²) < 4.78 is 0. The van der Waals surface area contributed by atoms with E-state index in [1.807, 2.05) is 36.4 Å². The van der Waals surface area contributed by atoms with Gasteiger partial charge in [-0.15, -0.1) is 0 Å². The third-order valence-electron chi connectivity index (χ3n) is 2.20. The van der Waals surface area contributed by atoms with Gasteiger partial charge in [-0.2, -0.15) is 0 Å². The Balaban J connectivity index is 2.93. The van der Waals surface area contributed by atoms with Gasteiger partial charge >= 0.3 is 0 Å². The molecule has 1 aromatic rings. The topological polar surface area (TPSA) is 17.1 Å². The van der Waals surface area contributed by atoms with E-state index in [1.165, 1.54) is 0 Å². The fourth-order valence-electron chi connectivity index (χ4n) is 1.33. The number of hydrogen-bond donors (Lipinski definition) is 0. The average molecular weight is 224 g/mol. The lowest BCUT2D eigenvalue weighted by Gasteiger charge is -1.99. The van der Waals surface area contributed by atoms with Crippen molar-refractivity contribution < 1.29 is 4.79 Å². The lowest BCUT2D eigenvalue weighted by Crippen LogP contribution is -2.00. The second-order valence-corrected chi connectivity index (χ2v) is 3.71. The second-order valence-electron chi connectivity index (χ2n) is 3.71. The van der Waals surface area contributed by atoms with Gasteiger partial charge in [0, 0.05) is 5.57 Å². The van der Waals surface area contributed by atoms with Gasteiger partial charge in [0.2, 0.25) is 0 Å². The van der Waals surface area contributed by atoms with Crippen molar-refractivity contribution in [3.05, 3.63) is 78.4 Å². The molecule has 0 heterocycles. The number of rotatable bonds is 5. The van der Waals surface area contributed by atoms with Crippen LogP contribution in [-0.2, 0) is 4.79 Å². The molecule has 0 aliphatic carbocycles. The maximum atomic E-state index is 11.8. The summed E-state index contributed by atoms with van der Waals surface area (Å²) in [6, 6.07) is 9.83. The molecule has 0 radical (unpaired) electrons. The van der Waals surface area contributed by atoms with Crippen LogP contribution in [0.3, 0.4) is 0 Å². The van der Waals surface area contributed by atoms with E-state index in [0.29, 0.717) is 11.1 Å². The molecule has 1 heteroatoms. The van der Waals surface area contributed by atoms with Gasteiger partial charge in [-0.25, -0.2) is 0 Å². The van der Waals surface area contributed by atoms with E-state index in [0.717, 1.165) is 5.56 Å². The number of carbonyl (C=O) groups excluding carboxylic acids is 1. The predicted molar refractivity (Wildman–Crippen MR) is 73.6 cm³/mol. The minimum absolute atomic E-state index is 0.0583. The number of benzene rings is 1. The normalized spacial score (nSPS) is 11.5. The van der Waals surface area contributed by atoms with Crippen molar-refractivity contribution >= 4 is 11.9 Å². The van der Waals surface area contributed by atoms with Gasteiger partial charge in [0.15, 0.2) is 5.78 Å². The number of ketones is 1. The SMILES string of the molecule is C=CC=C(C=Cc1ccccc1)C(=O)C(=C)C. The van der Waals surface area contributed by atoms with E-state index in [-0.39, 0.29) is 5.78 Å². The third kappa shape index (κ3) is 4.07. The van der Waals surface area contributed by atoms with E-state index in [1.54, 1.807) is 25.2 Å². The maximum absolute atomic E-state index is 11.8. The summed E-state index contributed by atoms with van der Waals surface area (Å²) in [5, 5.41) is 0. The first kappa shape index (κ1) is 12.9. The Bertz CT molecular complexity index is 476. The van der Waals surface area contributed by atoms with E-state index >= 15 is 0 Å². The van der Waals surface area contributed by atoms with Crippen LogP contribution in [0.4, 0.5) is 0 Å². The second kappa shape index (κ2) is 6.44. The summed E-state index contributed by atoms with van der Waals surface area (Å²) in [7, 11) is 0. The molecule has 0 unspecified atom stereocenters. The highest BCUT2D eigenvalue weighted by Crippen LogP contribution is 2.09. The van der Waals surface area contributed by atoms with Gasteiger partial charge < -0.3 is 0 Å². The zero-order valence-corrected chi connectivity index (χ0v) is 10.0. The van der Waals surface area contributed by atoms with E-state index in [2.05, 4.69) is 13.2 Å². The van der Waals surface area contributed by atoms with Crippen LogP contribution in [0.5, 0.6) is 0 Å². The number of carbonyl (C=O) groups is 1. The fourth-order valence-corrected chi connectivity index (χ4v) is 1.33. The van der Waals surface area contributed by atoms with E-state index < -0.39 is 0 Å². The zero-order valence-electron chi connectivity index (χ0n) is 10.0. The van der Waals surface area contributed by atoms with Gasteiger partial charge in [-0.05, 0) is 18.1 Å². The Hall–Kier alpha value is -2.15. The molecule has 0 fully saturated rings. The molecule has 0 spiro atoms. The highest BCUT2D eigenvalue weighted by atomic mass is 16.1. The van der Waals surface area contributed by atoms with Crippen molar-refractivity contribution in [2.75, 3.05) is 0 Å². The average Bonchev–Trinajstić information content (AvgIpc) is 2.34. The third-order valence-corrected chi connectivity index (χ3v) is 2.20. The first-order valence-corrected chi connectivity index (χ1v) is 5.41. The molecular weight excluding hydrogens is 208 g/mol. The number of Topliss-reactive ketones (excluding diaryl/α,β-unsaturated/α-hetero) is 1. The van der Waals surface area contributed by atoms with Crippen LogP contribution in [0.15, 0.2) is 72.9 Å². The summed E-state index contributed by atoms with van der Waals surface area (Å²) in [6.07, 6.45) is 6.98. The molecule has 0 atom stereocenters. The molecule has 0 bridgehead atoms. The van der Waals surface area contributed by atoms with Gasteiger partial charge in [0.25, 0.3) is 0 Å². The van der Waals surface area contributed by atoms with Crippen LogP contribution in [-0.4, -0.2) is 5.78 Å². The highest BCUT2D eigenvalue weighted by molar-refractivity contribution is 6.10. The Kier molecular flexibility index (Phi) is 4.89. The van der Waals surface area contributed by atoms with Crippen molar-refractivity contribution in [1.82, 2.24) is 0 Å². The summed E-state index contributed by atoms with van der Waals surface area (Å²) >= 11 is 0. The van der Waals surface area contributed by atoms with Crippen LogP contribution < -0.4 is 0 Å². The largest absolute Gasteiger partial charge is 0.289 e. The Labute approximate surface area is 102 Å².